The Morgan fingerprint density at radius 2 is 0.692 bits per heavy atom. The molecule has 26 heavy (non-hydrogen) atoms. The third-order valence-electron chi connectivity index (χ3n) is 5.56. The van der Waals surface area contributed by atoms with Gasteiger partial charge in [-0.05, 0) is 25.7 Å². The van der Waals surface area contributed by atoms with Crippen molar-refractivity contribution in [1.29, 1.82) is 0 Å². The zero-order valence-corrected chi connectivity index (χ0v) is 18.4. The van der Waals surface area contributed by atoms with Crippen LogP contribution in [-0.2, 0) is 0 Å². The summed E-state index contributed by atoms with van der Waals surface area (Å²) in [7, 11) is 0. The zero-order valence-electron chi connectivity index (χ0n) is 18.4. The monoisotopic (exact) mass is 368 g/mol. The second-order valence-corrected chi connectivity index (χ2v) is 8.37. The highest BCUT2D eigenvalue weighted by Gasteiger charge is 2.27. The summed E-state index contributed by atoms with van der Waals surface area (Å²) in [5, 5.41) is 22.3. The lowest BCUT2D eigenvalue weighted by atomic mass is 9.85. The van der Waals surface area contributed by atoms with Gasteiger partial charge >= 0.3 is 0 Å². The van der Waals surface area contributed by atoms with Crippen LogP contribution in [-0.4, -0.2) is 21.4 Å². The van der Waals surface area contributed by atoms with Gasteiger partial charge in [-0.25, -0.2) is 0 Å². The Kier molecular flexibility index (Phi) is 15.5. The summed E-state index contributed by atoms with van der Waals surface area (Å²) >= 11 is 0. The molecule has 0 unspecified atom stereocenters. The minimum atomic E-state index is -0.742. The molecule has 0 saturated heterocycles. The standard InChI is InChI=1S/C24H48O2/c1-5-9-13-17-23(25,18-14-10-6-2)21-22-24(26,19-15-11-7-3)20-16-12-8-4/h21-22,25-26H,5-20H2,1-4H3/b22-21+. The van der Waals surface area contributed by atoms with E-state index in [1.54, 1.807) is 0 Å². The van der Waals surface area contributed by atoms with Gasteiger partial charge in [0.25, 0.3) is 0 Å². The molecule has 2 N–H and O–H groups in total. The number of hydrogen-bond acceptors (Lipinski definition) is 2. The van der Waals surface area contributed by atoms with Gasteiger partial charge in [-0.2, -0.15) is 0 Å². The normalized spacial score (nSPS) is 13.0. The SMILES string of the molecule is CCCCCC(O)(/C=C/C(O)(CCCCC)CCCCC)CCCCC. The highest BCUT2D eigenvalue weighted by atomic mass is 16.3. The summed E-state index contributed by atoms with van der Waals surface area (Å²) in [5.41, 5.74) is -1.48. The van der Waals surface area contributed by atoms with Gasteiger partial charge in [0, 0.05) is 0 Å². The molecule has 2 heteroatoms. The number of aliphatic hydroxyl groups is 2. The van der Waals surface area contributed by atoms with E-state index in [0.29, 0.717) is 0 Å². The van der Waals surface area contributed by atoms with Crippen molar-refractivity contribution in [2.45, 2.75) is 142 Å². The van der Waals surface area contributed by atoms with Crippen molar-refractivity contribution >= 4 is 0 Å². The van der Waals surface area contributed by atoms with Gasteiger partial charge in [-0.1, -0.05) is 117 Å². The summed E-state index contributed by atoms with van der Waals surface area (Å²) < 4.78 is 0. The second-order valence-electron chi connectivity index (χ2n) is 8.37. The predicted octanol–water partition coefficient (Wildman–Crippen LogP) is 7.33. The molecule has 0 aromatic carbocycles. The maximum Gasteiger partial charge on any atom is 0.0828 e. The predicted molar refractivity (Wildman–Crippen MR) is 116 cm³/mol. The summed E-state index contributed by atoms with van der Waals surface area (Å²) in [6, 6.07) is 0. The molecule has 0 aliphatic heterocycles. The minimum Gasteiger partial charge on any atom is -0.386 e. The average Bonchev–Trinajstić information content (AvgIpc) is 2.61. The number of hydrogen-bond donors (Lipinski definition) is 2. The van der Waals surface area contributed by atoms with Crippen molar-refractivity contribution in [2.75, 3.05) is 0 Å². The highest BCUT2D eigenvalue weighted by molar-refractivity contribution is 5.09. The molecule has 0 atom stereocenters. The summed E-state index contributed by atoms with van der Waals surface area (Å²) in [6.07, 6.45) is 20.8. The number of rotatable bonds is 18. The van der Waals surface area contributed by atoms with E-state index in [2.05, 4.69) is 27.7 Å². The Morgan fingerprint density at radius 1 is 0.462 bits per heavy atom. The van der Waals surface area contributed by atoms with Gasteiger partial charge in [0.1, 0.15) is 0 Å². The molecule has 0 amide bonds. The zero-order chi connectivity index (χ0) is 19.7. The van der Waals surface area contributed by atoms with Crippen LogP contribution in [0.4, 0.5) is 0 Å². The molecule has 0 heterocycles. The van der Waals surface area contributed by atoms with E-state index < -0.39 is 11.2 Å². The van der Waals surface area contributed by atoms with Gasteiger partial charge in [-0.3, -0.25) is 0 Å². The van der Waals surface area contributed by atoms with Crippen LogP contribution in [0.1, 0.15) is 130 Å². The Morgan fingerprint density at radius 3 is 0.885 bits per heavy atom. The average molecular weight is 369 g/mol. The first kappa shape index (κ1) is 25.7. The van der Waals surface area contributed by atoms with E-state index in [1.807, 2.05) is 12.2 Å². The molecule has 156 valence electrons. The van der Waals surface area contributed by atoms with E-state index in [4.69, 9.17) is 0 Å². The van der Waals surface area contributed by atoms with Crippen LogP contribution in [0.5, 0.6) is 0 Å². The molecular formula is C24H48O2. The lowest BCUT2D eigenvalue weighted by Crippen LogP contribution is -2.30. The van der Waals surface area contributed by atoms with E-state index in [1.165, 1.54) is 51.4 Å². The first-order valence-electron chi connectivity index (χ1n) is 11.6. The van der Waals surface area contributed by atoms with Crippen LogP contribution in [0.25, 0.3) is 0 Å². The Bertz CT molecular complexity index is 283. The quantitative estimate of drug-likeness (QED) is 0.196. The van der Waals surface area contributed by atoms with Crippen molar-refractivity contribution in [1.82, 2.24) is 0 Å². The van der Waals surface area contributed by atoms with E-state index >= 15 is 0 Å². The smallest absolute Gasteiger partial charge is 0.0828 e. The fourth-order valence-electron chi connectivity index (χ4n) is 3.62. The fraction of sp³-hybridized carbons (Fsp3) is 0.917. The summed E-state index contributed by atoms with van der Waals surface area (Å²) in [4.78, 5) is 0. The molecule has 0 rings (SSSR count). The van der Waals surface area contributed by atoms with Crippen LogP contribution in [0.15, 0.2) is 12.2 Å². The molecule has 0 aromatic rings. The van der Waals surface area contributed by atoms with Crippen LogP contribution in [0.2, 0.25) is 0 Å². The van der Waals surface area contributed by atoms with E-state index in [9.17, 15) is 10.2 Å². The second kappa shape index (κ2) is 15.7. The first-order valence-corrected chi connectivity index (χ1v) is 11.6. The van der Waals surface area contributed by atoms with Crippen molar-refractivity contribution in [3.8, 4) is 0 Å². The van der Waals surface area contributed by atoms with Gasteiger partial charge < -0.3 is 10.2 Å². The Balaban J connectivity index is 5.00. The maximum absolute atomic E-state index is 11.2. The maximum atomic E-state index is 11.2. The molecule has 2 nitrogen and oxygen atoms in total. The molecule has 0 saturated carbocycles. The lowest BCUT2D eigenvalue weighted by Gasteiger charge is -2.29. The number of unbranched alkanes of at least 4 members (excludes halogenated alkanes) is 8. The van der Waals surface area contributed by atoms with Crippen LogP contribution in [0, 0.1) is 0 Å². The van der Waals surface area contributed by atoms with E-state index in [0.717, 1.165) is 51.4 Å². The lowest BCUT2D eigenvalue weighted by molar-refractivity contribution is 0.0491. The molecule has 0 bridgehead atoms. The molecular weight excluding hydrogens is 320 g/mol. The molecule has 0 aliphatic rings. The summed E-state index contributed by atoms with van der Waals surface area (Å²) in [6.45, 7) is 8.80. The van der Waals surface area contributed by atoms with E-state index in [-0.39, 0.29) is 0 Å². The minimum absolute atomic E-state index is 0.742. The third-order valence-corrected chi connectivity index (χ3v) is 5.56. The van der Waals surface area contributed by atoms with Crippen LogP contribution < -0.4 is 0 Å². The van der Waals surface area contributed by atoms with Crippen LogP contribution in [0.3, 0.4) is 0 Å². The topological polar surface area (TPSA) is 40.5 Å². The molecule has 0 aromatic heterocycles. The molecule has 0 radical (unpaired) electrons. The Hall–Kier alpha value is -0.340. The molecule has 0 fully saturated rings. The van der Waals surface area contributed by atoms with Crippen molar-refractivity contribution in [3.05, 3.63) is 12.2 Å². The molecule has 0 aliphatic carbocycles. The fourth-order valence-corrected chi connectivity index (χ4v) is 3.62. The van der Waals surface area contributed by atoms with Gasteiger partial charge in [-0.15, -0.1) is 0 Å². The van der Waals surface area contributed by atoms with Gasteiger partial charge in [0.2, 0.25) is 0 Å². The Labute approximate surface area is 164 Å². The van der Waals surface area contributed by atoms with Gasteiger partial charge in [0.15, 0.2) is 0 Å². The summed E-state index contributed by atoms with van der Waals surface area (Å²) in [5.74, 6) is 0. The first-order chi connectivity index (χ1) is 12.4. The largest absolute Gasteiger partial charge is 0.386 e. The molecule has 0 spiro atoms. The van der Waals surface area contributed by atoms with Crippen LogP contribution >= 0.6 is 0 Å². The third kappa shape index (κ3) is 12.9. The van der Waals surface area contributed by atoms with Crippen molar-refractivity contribution in [3.63, 3.8) is 0 Å². The highest BCUT2D eigenvalue weighted by Crippen LogP contribution is 2.29. The van der Waals surface area contributed by atoms with Gasteiger partial charge in [0.05, 0.1) is 11.2 Å². The van der Waals surface area contributed by atoms with Crippen molar-refractivity contribution < 1.29 is 10.2 Å². The van der Waals surface area contributed by atoms with Crippen molar-refractivity contribution in [2.24, 2.45) is 0 Å².